The third-order valence-corrected chi connectivity index (χ3v) is 3.91. The molecule has 8 heteroatoms. The van der Waals surface area contributed by atoms with E-state index in [1.807, 2.05) is 30.3 Å². The van der Waals surface area contributed by atoms with Gasteiger partial charge in [0.1, 0.15) is 0 Å². The number of nitrogens with one attached hydrogen (secondary N) is 1. The molecule has 0 spiro atoms. The van der Waals surface area contributed by atoms with Gasteiger partial charge in [0.2, 0.25) is 5.91 Å². The summed E-state index contributed by atoms with van der Waals surface area (Å²) in [6.07, 6.45) is -3.04. The van der Waals surface area contributed by atoms with Gasteiger partial charge < -0.3 is 15.8 Å². The van der Waals surface area contributed by atoms with Crippen LogP contribution in [0.2, 0.25) is 0 Å². The van der Waals surface area contributed by atoms with Crippen molar-refractivity contribution in [3.63, 3.8) is 0 Å². The molecule has 3 N–H and O–H groups in total. The van der Waals surface area contributed by atoms with Crippen molar-refractivity contribution in [2.75, 3.05) is 18.5 Å². The minimum atomic E-state index is -4.49. The molecular formula is C20H24ClF3N2O2. The molecule has 0 atom stereocenters. The first-order chi connectivity index (χ1) is 12.9. The van der Waals surface area contributed by atoms with Crippen LogP contribution in [0.15, 0.2) is 48.5 Å². The molecule has 0 saturated heterocycles. The summed E-state index contributed by atoms with van der Waals surface area (Å²) < 4.78 is 44.2. The Hall–Kier alpha value is -2.09. The van der Waals surface area contributed by atoms with E-state index in [9.17, 15) is 18.0 Å². The summed E-state index contributed by atoms with van der Waals surface area (Å²) in [7, 11) is 0. The summed E-state index contributed by atoms with van der Waals surface area (Å²) in [4.78, 5) is 11.9. The second-order valence-corrected chi connectivity index (χ2v) is 6.12. The number of carbonyl (C=O) groups excluding carboxylic acids is 1. The topological polar surface area (TPSA) is 64.3 Å². The van der Waals surface area contributed by atoms with Crippen LogP contribution >= 0.6 is 12.4 Å². The van der Waals surface area contributed by atoms with Crippen molar-refractivity contribution in [2.45, 2.75) is 32.0 Å². The molecule has 0 aliphatic rings. The van der Waals surface area contributed by atoms with Gasteiger partial charge in [0.15, 0.2) is 0 Å². The fourth-order valence-corrected chi connectivity index (χ4v) is 2.54. The van der Waals surface area contributed by atoms with Crippen LogP contribution in [0, 0.1) is 0 Å². The molecule has 0 fully saturated rings. The van der Waals surface area contributed by atoms with E-state index < -0.39 is 11.7 Å². The van der Waals surface area contributed by atoms with Gasteiger partial charge in [-0.1, -0.05) is 30.3 Å². The number of carbonyl (C=O) groups is 1. The molecule has 0 radical (unpaired) electrons. The SMILES string of the molecule is Cl.NCc1cc(NC(=O)CCCOCCc2ccccc2)cc(C(F)(F)F)c1. The van der Waals surface area contributed by atoms with Crippen molar-refractivity contribution in [2.24, 2.45) is 5.73 Å². The Labute approximate surface area is 168 Å². The highest BCUT2D eigenvalue weighted by molar-refractivity contribution is 5.90. The van der Waals surface area contributed by atoms with E-state index in [-0.39, 0.29) is 37.0 Å². The van der Waals surface area contributed by atoms with E-state index in [0.29, 0.717) is 25.2 Å². The smallest absolute Gasteiger partial charge is 0.381 e. The number of ether oxygens (including phenoxy) is 1. The number of benzene rings is 2. The number of hydrogen-bond acceptors (Lipinski definition) is 3. The number of alkyl halides is 3. The molecule has 0 saturated carbocycles. The average Bonchev–Trinajstić information content (AvgIpc) is 2.64. The van der Waals surface area contributed by atoms with E-state index in [1.165, 1.54) is 11.6 Å². The maximum absolute atomic E-state index is 12.9. The third kappa shape index (κ3) is 8.29. The monoisotopic (exact) mass is 416 g/mol. The van der Waals surface area contributed by atoms with Crippen molar-refractivity contribution >= 4 is 24.0 Å². The molecule has 0 aliphatic carbocycles. The largest absolute Gasteiger partial charge is 0.416 e. The molecule has 154 valence electrons. The summed E-state index contributed by atoms with van der Waals surface area (Å²) in [5.74, 6) is -0.357. The van der Waals surface area contributed by atoms with E-state index in [1.54, 1.807) is 0 Å². The summed E-state index contributed by atoms with van der Waals surface area (Å²) in [5, 5.41) is 2.50. The molecule has 2 aromatic carbocycles. The standard InChI is InChI=1S/C20H23F3N2O2.ClH/c21-20(22,23)17-11-16(14-24)12-18(13-17)25-19(26)7-4-9-27-10-8-15-5-2-1-3-6-15;/h1-3,5-6,11-13H,4,7-10,14,24H2,(H,25,26);1H. The molecule has 0 aliphatic heterocycles. The van der Waals surface area contributed by atoms with Crippen LogP contribution < -0.4 is 11.1 Å². The highest BCUT2D eigenvalue weighted by atomic mass is 35.5. The Morgan fingerprint density at radius 3 is 2.39 bits per heavy atom. The number of amides is 1. The normalized spacial score (nSPS) is 11.0. The lowest BCUT2D eigenvalue weighted by Crippen LogP contribution is -2.15. The Morgan fingerprint density at radius 2 is 1.75 bits per heavy atom. The van der Waals surface area contributed by atoms with E-state index in [2.05, 4.69) is 5.32 Å². The zero-order valence-electron chi connectivity index (χ0n) is 15.3. The van der Waals surface area contributed by atoms with E-state index >= 15 is 0 Å². The predicted octanol–water partition coefficient (Wildman–Crippen LogP) is 4.56. The first-order valence-electron chi connectivity index (χ1n) is 8.71. The van der Waals surface area contributed by atoms with Crippen LogP contribution in [0.5, 0.6) is 0 Å². The molecule has 1 amide bonds. The van der Waals surface area contributed by atoms with Crippen molar-refractivity contribution < 1.29 is 22.7 Å². The molecule has 28 heavy (non-hydrogen) atoms. The van der Waals surface area contributed by atoms with Crippen molar-refractivity contribution in [3.05, 3.63) is 65.2 Å². The van der Waals surface area contributed by atoms with Crippen LogP contribution in [0.1, 0.15) is 29.5 Å². The molecule has 0 bridgehead atoms. The minimum Gasteiger partial charge on any atom is -0.381 e. The van der Waals surface area contributed by atoms with Gasteiger partial charge in [-0.25, -0.2) is 0 Å². The molecule has 2 aromatic rings. The van der Waals surface area contributed by atoms with Crippen LogP contribution in [0.3, 0.4) is 0 Å². The van der Waals surface area contributed by atoms with Gasteiger partial charge >= 0.3 is 6.18 Å². The quantitative estimate of drug-likeness (QED) is 0.589. The Morgan fingerprint density at radius 1 is 1.04 bits per heavy atom. The van der Waals surface area contributed by atoms with Crippen molar-refractivity contribution in [1.29, 1.82) is 0 Å². The number of anilines is 1. The van der Waals surface area contributed by atoms with Gasteiger partial charge in [-0.15, -0.1) is 12.4 Å². The van der Waals surface area contributed by atoms with Gasteiger partial charge in [0.25, 0.3) is 0 Å². The van der Waals surface area contributed by atoms with Crippen molar-refractivity contribution in [1.82, 2.24) is 0 Å². The summed E-state index contributed by atoms with van der Waals surface area (Å²) >= 11 is 0. The third-order valence-electron chi connectivity index (χ3n) is 3.91. The molecular weight excluding hydrogens is 393 g/mol. The first kappa shape index (κ1) is 23.9. The molecule has 2 rings (SSSR count). The highest BCUT2D eigenvalue weighted by Crippen LogP contribution is 2.32. The fraction of sp³-hybridized carbons (Fsp3) is 0.350. The Bertz CT molecular complexity index is 740. The number of nitrogens with two attached hydrogens (primary N) is 1. The Kier molecular flexibility index (Phi) is 9.99. The lowest BCUT2D eigenvalue weighted by Gasteiger charge is -2.12. The number of halogens is 4. The van der Waals surface area contributed by atoms with Gasteiger partial charge in [-0.3, -0.25) is 4.79 Å². The minimum absolute atomic E-state index is 0. The fourth-order valence-electron chi connectivity index (χ4n) is 2.54. The van der Waals surface area contributed by atoms with Gasteiger partial charge in [0, 0.05) is 25.3 Å². The van der Waals surface area contributed by atoms with Gasteiger partial charge in [0.05, 0.1) is 12.2 Å². The zero-order valence-corrected chi connectivity index (χ0v) is 16.1. The predicted molar refractivity (Wildman–Crippen MR) is 105 cm³/mol. The number of rotatable bonds is 9. The molecule has 0 heterocycles. The molecule has 4 nitrogen and oxygen atoms in total. The maximum Gasteiger partial charge on any atom is 0.416 e. The Balaban J connectivity index is 0.00000392. The lowest BCUT2D eigenvalue weighted by molar-refractivity contribution is -0.137. The van der Waals surface area contributed by atoms with Crippen LogP contribution in [-0.4, -0.2) is 19.1 Å². The summed E-state index contributed by atoms with van der Waals surface area (Å²) in [6, 6.07) is 13.2. The van der Waals surface area contributed by atoms with E-state index in [0.717, 1.165) is 18.6 Å². The maximum atomic E-state index is 12.9. The second kappa shape index (κ2) is 11.7. The van der Waals surface area contributed by atoms with Gasteiger partial charge in [-0.2, -0.15) is 13.2 Å². The first-order valence-corrected chi connectivity index (χ1v) is 8.71. The molecule has 0 unspecified atom stereocenters. The zero-order chi connectivity index (χ0) is 19.7. The van der Waals surface area contributed by atoms with E-state index in [4.69, 9.17) is 10.5 Å². The average molecular weight is 417 g/mol. The van der Waals surface area contributed by atoms with Crippen LogP contribution in [0.4, 0.5) is 18.9 Å². The van der Waals surface area contributed by atoms with Crippen LogP contribution in [-0.2, 0) is 28.7 Å². The summed E-state index contributed by atoms with van der Waals surface area (Å²) in [5.41, 5.74) is 6.19. The summed E-state index contributed by atoms with van der Waals surface area (Å²) in [6.45, 7) is 0.929. The number of hydrogen-bond donors (Lipinski definition) is 2. The second-order valence-electron chi connectivity index (χ2n) is 6.12. The lowest BCUT2D eigenvalue weighted by atomic mass is 10.1. The van der Waals surface area contributed by atoms with Crippen molar-refractivity contribution in [3.8, 4) is 0 Å². The highest BCUT2D eigenvalue weighted by Gasteiger charge is 2.31. The molecule has 0 aromatic heterocycles. The van der Waals surface area contributed by atoms with Crippen LogP contribution in [0.25, 0.3) is 0 Å². The van der Waals surface area contributed by atoms with Gasteiger partial charge in [-0.05, 0) is 42.2 Å².